The summed E-state index contributed by atoms with van der Waals surface area (Å²) in [6.45, 7) is 1.94. The van der Waals surface area contributed by atoms with Crippen molar-refractivity contribution in [3.05, 3.63) is 47.9 Å². The van der Waals surface area contributed by atoms with Gasteiger partial charge in [0.1, 0.15) is 0 Å². The standard InChI is InChI=1S/C13H9N5/c1-9-2-3-11(8-15-9)13-17-16-12-6-10(7-14)4-5-18(12)13/h2-6,8H,1H3. The lowest BCUT2D eigenvalue weighted by Gasteiger charge is -2.00. The molecule has 3 aromatic heterocycles. The first-order valence-corrected chi connectivity index (χ1v) is 5.46. The molecule has 0 aliphatic rings. The first-order valence-electron chi connectivity index (χ1n) is 5.46. The molecular weight excluding hydrogens is 226 g/mol. The van der Waals surface area contributed by atoms with Crippen LogP contribution in [-0.4, -0.2) is 19.6 Å². The van der Waals surface area contributed by atoms with Crippen molar-refractivity contribution in [3.8, 4) is 17.5 Å². The summed E-state index contributed by atoms with van der Waals surface area (Å²) in [6.07, 6.45) is 3.56. The monoisotopic (exact) mass is 235 g/mol. The molecule has 0 atom stereocenters. The van der Waals surface area contributed by atoms with Gasteiger partial charge in [0.15, 0.2) is 11.5 Å². The number of nitriles is 1. The number of nitrogens with zero attached hydrogens (tertiary/aromatic N) is 5. The molecule has 0 radical (unpaired) electrons. The Hall–Kier alpha value is -2.74. The normalized spacial score (nSPS) is 10.4. The van der Waals surface area contributed by atoms with Crippen molar-refractivity contribution in [3.63, 3.8) is 0 Å². The molecule has 0 aromatic carbocycles. The van der Waals surface area contributed by atoms with Crippen molar-refractivity contribution in [2.75, 3.05) is 0 Å². The maximum absolute atomic E-state index is 8.83. The predicted molar refractivity (Wildman–Crippen MR) is 65.7 cm³/mol. The fourth-order valence-corrected chi connectivity index (χ4v) is 1.76. The van der Waals surface area contributed by atoms with Crippen LogP contribution in [0, 0.1) is 18.3 Å². The first-order chi connectivity index (χ1) is 8.78. The van der Waals surface area contributed by atoms with E-state index in [9.17, 15) is 0 Å². The molecular formula is C13H9N5. The highest BCUT2D eigenvalue weighted by atomic mass is 15.2. The number of fused-ring (bicyclic) bond motifs is 1. The molecule has 0 amide bonds. The summed E-state index contributed by atoms with van der Waals surface area (Å²) in [7, 11) is 0. The van der Waals surface area contributed by atoms with Crippen molar-refractivity contribution in [1.82, 2.24) is 19.6 Å². The van der Waals surface area contributed by atoms with Crippen LogP contribution in [0.4, 0.5) is 0 Å². The molecule has 0 unspecified atom stereocenters. The van der Waals surface area contributed by atoms with Crippen LogP contribution in [0.25, 0.3) is 17.0 Å². The van der Waals surface area contributed by atoms with E-state index in [1.807, 2.05) is 23.5 Å². The minimum atomic E-state index is 0.573. The maximum Gasteiger partial charge on any atom is 0.169 e. The van der Waals surface area contributed by atoms with Crippen LogP contribution in [0.1, 0.15) is 11.3 Å². The molecule has 3 heterocycles. The summed E-state index contributed by atoms with van der Waals surface area (Å²) in [5, 5.41) is 17.0. The third-order valence-corrected chi connectivity index (χ3v) is 2.71. The van der Waals surface area contributed by atoms with Gasteiger partial charge >= 0.3 is 0 Å². The second kappa shape index (κ2) is 3.93. The van der Waals surface area contributed by atoms with E-state index in [0.29, 0.717) is 11.2 Å². The summed E-state index contributed by atoms with van der Waals surface area (Å²) >= 11 is 0. The van der Waals surface area contributed by atoms with E-state index in [4.69, 9.17) is 5.26 Å². The topological polar surface area (TPSA) is 66.9 Å². The first kappa shape index (κ1) is 10.4. The molecule has 0 aliphatic heterocycles. The molecule has 0 aliphatic carbocycles. The summed E-state index contributed by atoms with van der Waals surface area (Å²) in [6, 6.07) is 9.41. The number of hydrogen-bond donors (Lipinski definition) is 0. The van der Waals surface area contributed by atoms with Crippen LogP contribution in [0.3, 0.4) is 0 Å². The van der Waals surface area contributed by atoms with Crippen molar-refractivity contribution in [2.45, 2.75) is 6.92 Å². The van der Waals surface area contributed by atoms with Gasteiger partial charge in [0.05, 0.1) is 11.6 Å². The van der Waals surface area contributed by atoms with Gasteiger partial charge in [0, 0.05) is 29.7 Å². The Morgan fingerprint density at radius 3 is 2.83 bits per heavy atom. The Kier molecular flexibility index (Phi) is 2.27. The van der Waals surface area contributed by atoms with E-state index in [-0.39, 0.29) is 0 Å². The van der Waals surface area contributed by atoms with E-state index in [0.717, 1.165) is 17.1 Å². The van der Waals surface area contributed by atoms with Crippen molar-refractivity contribution >= 4 is 5.65 Å². The van der Waals surface area contributed by atoms with Crippen LogP contribution in [0.15, 0.2) is 36.7 Å². The Morgan fingerprint density at radius 1 is 1.22 bits per heavy atom. The third-order valence-electron chi connectivity index (χ3n) is 2.71. The molecule has 0 fully saturated rings. The van der Waals surface area contributed by atoms with Crippen LogP contribution in [0.2, 0.25) is 0 Å². The van der Waals surface area contributed by atoms with Gasteiger partial charge in [-0.15, -0.1) is 10.2 Å². The van der Waals surface area contributed by atoms with Crippen molar-refractivity contribution < 1.29 is 0 Å². The molecule has 3 aromatic rings. The van der Waals surface area contributed by atoms with E-state index in [1.54, 1.807) is 24.5 Å². The quantitative estimate of drug-likeness (QED) is 0.646. The second-order valence-electron chi connectivity index (χ2n) is 3.97. The molecule has 3 rings (SSSR count). The van der Waals surface area contributed by atoms with Crippen LogP contribution < -0.4 is 0 Å². The third kappa shape index (κ3) is 1.60. The Morgan fingerprint density at radius 2 is 2.11 bits per heavy atom. The summed E-state index contributed by atoms with van der Waals surface area (Å²) in [4.78, 5) is 4.24. The molecule has 5 heteroatoms. The SMILES string of the molecule is Cc1ccc(-c2nnc3cc(C#N)ccn23)cn1. The van der Waals surface area contributed by atoms with E-state index in [2.05, 4.69) is 21.3 Å². The lowest BCUT2D eigenvalue weighted by Crippen LogP contribution is -1.91. The van der Waals surface area contributed by atoms with Gasteiger partial charge in [-0.3, -0.25) is 9.38 Å². The lowest BCUT2D eigenvalue weighted by atomic mass is 10.2. The van der Waals surface area contributed by atoms with Gasteiger partial charge in [-0.2, -0.15) is 5.26 Å². The Labute approximate surface area is 103 Å². The number of rotatable bonds is 1. The highest BCUT2D eigenvalue weighted by Gasteiger charge is 2.08. The minimum absolute atomic E-state index is 0.573. The van der Waals surface area contributed by atoms with Gasteiger partial charge in [0.25, 0.3) is 0 Å². The zero-order chi connectivity index (χ0) is 12.5. The summed E-state index contributed by atoms with van der Waals surface area (Å²) in [5.74, 6) is 0.724. The predicted octanol–water partition coefficient (Wildman–Crippen LogP) is 1.97. The molecule has 0 spiro atoms. The molecule has 0 bridgehead atoms. The summed E-state index contributed by atoms with van der Waals surface area (Å²) < 4.78 is 1.84. The molecule has 5 nitrogen and oxygen atoms in total. The maximum atomic E-state index is 8.83. The number of aromatic nitrogens is 4. The van der Waals surface area contributed by atoms with E-state index in [1.165, 1.54) is 0 Å². The highest BCUT2D eigenvalue weighted by Crippen LogP contribution is 2.17. The number of aryl methyl sites for hydroxylation is 1. The zero-order valence-corrected chi connectivity index (χ0v) is 9.70. The highest BCUT2D eigenvalue weighted by molar-refractivity contribution is 5.59. The smallest absolute Gasteiger partial charge is 0.169 e. The molecule has 0 saturated heterocycles. The molecule has 0 saturated carbocycles. The van der Waals surface area contributed by atoms with E-state index >= 15 is 0 Å². The van der Waals surface area contributed by atoms with Gasteiger partial charge in [-0.05, 0) is 25.1 Å². The second-order valence-corrected chi connectivity index (χ2v) is 3.97. The van der Waals surface area contributed by atoms with Crippen molar-refractivity contribution in [1.29, 1.82) is 5.26 Å². The minimum Gasteiger partial charge on any atom is -0.282 e. The molecule has 86 valence electrons. The lowest BCUT2D eigenvalue weighted by molar-refractivity contribution is 1.10. The number of pyridine rings is 2. The number of hydrogen-bond acceptors (Lipinski definition) is 4. The van der Waals surface area contributed by atoms with Gasteiger partial charge in [0.2, 0.25) is 0 Å². The Bertz CT molecular complexity index is 749. The molecule has 18 heavy (non-hydrogen) atoms. The average Bonchev–Trinajstić information content (AvgIpc) is 2.82. The largest absolute Gasteiger partial charge is 0.282 e. The Balaban J connectivity index is 2.19. The zero-order valence-electron chi connectivity index (χ0n) is 9.70. The summed E-state index contributed by atoms with van der Waals surface area (Å²) in [5.41, 5.74) is 3.09. The van der Waals surface area contributed by atoms with Crippen molar-refractivity contribution in [2.24, 2.45) is 0 Å². The van der Waals surface area contributed by atoms with Gasteiger partial charge in [-0.1, -0.05) is 0 Å². The van der Waals surface area contributed by atoms with Gasteiger partial charge in [-0.25, -0.2) is 0 Å². The van der Waals surface area contributed by atoms with Crippen LogP contribution in [-0.2, 0) is 0 Å². The van der Waals surface area contributed by atoms with Crippen LogP contribution >= 0.6 is 0 Å². The average molecular weight is 235 g/mol. The van der Waals surface area contributed by atoms with Crippen LogP contribution in [0.5, 0.6) is 0 Å². The fraction of sp³-hybridized carbons (Fsp3) is 0.0769. The molecule has 0 N–H and O–H groups in total. The fourth-order valence-electron chi connectivity index (χ4n) is 1.76. The van der Waals surface area contributed by atoms with Gasteiger partial charge < -0.3 is 0 Å². The van der Waals surface area contributed by atoms with E-state index < -0.39 is 0 Å².